The zero-order chi connectivity index (χ0) is 8.60. The summed E-state index contributed by atoms with van der Waals surface area (Å²) in [4.78, 5) is 4.31. The predicted octanol–water partition coefficient (Wildman–Crippen LogP) is 2.29. The van der Waals surface area contributed by atoms with Gasteiger partial charge in [0, 0.05) is 23.6 Å². The number of rotatable bonds is 0. The fraction of sp³-hybridized carbons (Fsp3) is 0.500. The summed E-state index contributed by atoms with van der Waals surface area (Å²) >= 11 is 0. The smallest absolute Gasteiger partial charge is 0.216 e. The fourth-order valence-corrected chi connectivity index (χ4v) is 1.32. The highest BCUT2D eigenvalue weighted by molar-refractivity contribution is 5.70. The summed E-state index contributed by atoms with van der Waals surface area (Å²) < 4.78 is 5.36. The Morgan fingerprint density at radius 1 is 1.50 bits per heavy atom. The molecule has 2 aliphatic heterocycles. The van der Waals surface area contributed by atoms with Crippen molar-refractivity contribution >= 4 is 6.21 Å². The molecular formula is C10H13NO. The van der Waals surface area contributed by atoms with Crippen molar-refractivity contribution in [2.45, 2.75) is 20.3 Å². The van der Waals surface area contributed by atoms with Crippen LogP contribution in [0, 0.1) is 5.41 Å². The average molecular weight is 163 g/mol. The molecule has 64 valence electrons. The van der Waals surface area contributed by atoms with Crippen LogP contribution in [0.15, 0.2) is 28.6 Å². The molecule has 0 radical (unpaired) electrons. The number of aliphatic imine (C=N–C) groups is 1. The molecule has 0 spiro atoms. The first-order valence-corrected chi connectivity index (χ1v) is 4.28. The average Bonchev–Trinajstić information content (AvgIpc) is 2.40. The maximum absolute atomic E-state index is 5.36. The van der Waals surface area contributed by atoms with Gasteiger partial charge < -0.3 is 4.74 Å². The van der Waals surface area contributed by atoms with E-state index in [1.54, 1.807) is 0 Å². The molecule has 2 heterocycles. The Labute approximate surface area is 72.6 Å². The number of nitrogens with zero attached hydrogens (tertiary/aromatic N) is 1. The third-order valence-corrected chi connectivity index (χ3v) is 2.11. The van der Waals surface area contributed by atoms with Crippen molar-refractivity contribution in [2.75, 3.05) is 6.61 Å². The summed E-state index contributed by atoms with van der Waals surface area (Å²) in [6.45, 7) is 5.05. The zero-order valence-electron chi connectivity index (χ0n) is 7.50. The van der Waals surface area contributed by atoms with Gasteiger partial charge in [0.15, 0.2) is 0 Å². The summed E-state index contributed by atoms with van der Waals surface area (Å²) in [5.41, 5.74) is 1.30. The Kier molecular flexibility index (Phi) is 1.56. The van der Waals surface area contributed by atoms with Gasteiger partial charge in [0.1, 0.15) is 0 Å². The minimum atomic E-state index is 0.0632. The molecule has 2 rings (SSSR count). The van der Waals surface area contributed by atoms with Crippen molar-refractivity contribution in [3.8, 4) is 0 Å². The minimum Gasteiger partial charge on any atom is -0.477 e. The van der Waals surface area contributed by atoms with Gasteiger partial charge in [0.25, 0.3) is 0 Å². The van der Waals surface area contributed by atoms with Crippen LogP contribution in [0.1, 0.15) is 20.3 Å². The summed E-state index contributed by atoms with van der Waals surface area (Å²) in [6.07, 6.45) is 7.25. The minimum absolute atomic E-state index is 0.0632. The first-order chi connectivity index (χ1) is 5.67. The lowest BCUT2D eigenvalue weighted by Gasteiger charge is -2.11. The summed E-state index contributed by atoms with van der Waals surface area (Å²) in [5.74, 6) is 0.817. The third kappa shape index (κ3) is 1.29. The van der Waals surface area contributed by atoms with Gasteiger partial charge in [-0.25, -0.2) is 4.99 Å². The molecule has 0 unspecified atom stereocenters. The molecule has 0 aromatic heterocycles. The van der Waals surface area contributed by atoms with Crippen molar-refractivity contribution in [3.05, 3.63) is 23.6 Å². The molecule has 0 fully saturated rings. The molecule has 0 aliphatic carbocycles. The van der Waals surface area contributed by atoms with E-state index in [4.69, 9.17) is 4.74 Å². The Bertz CT molecular complexity index is 258. The zero-order valence-corrected chi connectivity index (χ0v) is 7.50. The van der Waals surface area contributed by atoms with Crippen molar-refractivity contribution in [3.63, 3.8) is 0 Å². The lowest BCUT2D eigenvalue weighted by atomic mass is 9.94. The molecular weight excluding hydrogens is 150 g/mol. The Morgan fingerprint density at radius 3 is 3.17 bits per heavy atom. The highest BCUT2D eigenvalue weighted by atomic mass is 16.5. The summed E-state index contributed by atoms with van der Waals surface area (Å²) in [5, 5.41) is 0. The maximum Gasteiger partial charge on any atom is 0.216 e. The van der Waals surface area contributed by atoms with E-state index >= 15 is 0 Å². The molecule has 0 amide bonds. The highest BCUT2D eigenvalue weighted by Gasteiger charge is 2.19. The van der Waals surface area contributed by atoms with E-state index in [1.807, 2.05) is 6.21 Å². The van der Waals surface area contributed by atoms with Crippen LogP contribution >= 0.6 is 0 Å². The largest absolute Gasteiger partial charge is 0.477 e. The fourth-order valence-electron chi connectivity index (χ4n) is 1.32. The van der Waals surface area contributed by atoms with Gasteiger partial charge in [-0.2, -0.15) is 0 Å². The summed E-state index contributed by atoms with van der Waals surface area (Å²) in [7, 11) is 0. The number of hydrogen-bond acceptors (Lipinski definition) is 2. The van der Waals surface area contributed by atoms with Crippen molar-refractivity contribution in [2.24, 2.45) is 10.4 Å². The normalized spacial score (nSPS) is 25.2. The Balaban J connectivity index is 2.34. The molecule has 2 aliphatic rings. The second kappa shape index (κ2) is 2.47. The van der Waals surface area contributed by atoms with E-state index in [0.29, 0.717) is 0 Å². The lowest BCUT2D eigenvalue weighted by Crippen LogP contribution is -2.08. The molecule has 0 aromatic rings. The van der Waals surface area contributed by atoms with Gasteiger partial charge in [0.2, 0.25) is 5.88 Å². The van der Waals surface area contributed by atoms with E-state index in [2.05, 4.69) is 31.0 Å². The topological polar surface area (TPSA) is 21.6 Å². The second-order valence-corrected chi connectivity index (χ2v) is 3.84. The second-order valence-electron chi connectivity index (χ2n) is 3.84. The van der Waals surface area contributed by atoms with E-state index < -0.39 is 0 Å². The third-order valence-electron chi connectivity index (χ3n) is 2.11. The van der Waals surface area contributed by atoms with Crippen LogP contribution < -0.4 is 0 Å². The van der Waals surface area contributed by atoms with E-state index in [0.717, 1.165) is 18.9 Å². The van der Waals surface area contributed by atoms with Gasteiger partial charge in [-0.3, -0.25) is 0 Å². The van der Waals surface area contributed by atoms with Crippen LogP contribution in [0.25, 0.3) is 0 Å². The van der Waals surface area contributed by atoms with Crippen LogP contribution in [0.5, 0.6) is 0 Å². The van der Waals surface area contributed by atoms with Crippen LogP contribution in [0.3, 0.4) is 0 Å². The molecule has 0 saturated heterocycles. The SMILES string of the molecule is CC1(C)C=CC2=C(N=C1)OCC2. The van der Waals surface area contributed by atoms with Crippen LogP contribution in [-0.2, 0) is 4.74 Å². The lowest BCUT2D eigenvalue weighted by molar-refractivity contribution is 0.242. The monoisotopic (exact) mass is 163 g/mol. The van der Waals surface area contributed by atoms with Crippen LogP contribution in [0.4, 0.5) is 0 Å². The molecule has 12 heavy (non-hydrogen) atoms. The van der Waals surface area contributed by atoms with Crippen LogP contribution in [0.2, 0.25) is 0 Å². The Hall–Kier alpha value is -1.05. The molecule has 2 nitrogen and oxygen atoms in total. The number of hydrogen-bond donors (Lipinski definition) is 0. The molecule has 0 bridgehead atoms. The highest BCUT2D eigenvalue weighted by Crippen LogP contribution is 2.27. The van der Waals surface area contributed by atoms with Gasteiger partial charge in [0.05, 0.1) is 6.61 Å². The maximum atomic E-state index is 5.36. The van der Waals surface area contributed by atoms with Crippen molar-refractivity contribution < 1.29 is 4.74 Å². The summed E-state index contributed by atoms with van der Waals surface area (Å²) in [6, 6.07) is 0. The first-order valence-electron chi connectivity index (χ1n) is 4.28. The number of allylic oxidation sites excluding steroid dienone is 2. The van der Waals surface area contributed by atoms with Gasteiger partial charge in [-0.15, -0.1) is 0 Å². The van der Waals surface area contributed by atoms with Crippen molar-refractivity contribution in [1.29, 1.82) is 0 Å². The van der Waals surface area contributed by atoms with Gasteiger partial charge in [-0.1, -0.05) is 26.0 Å². The van der Waals surface area contributed by atoms with E-state index in [1.165, 1.54) is 5.57 Å². The molecule has 0 aromatic carbocycles. The quantitative estimate of drug-likeness (QED) is 0.537. The first kappa shape index (κ1) is 7.59. The molecule has 0 N–H and O–H groups in total. The van der Waals surface area contributed by atoms with E-state index in [-0.39, 0.29) is 5.41 Å². The van der Waals surface area contributed by atoms with E-state index in [9.17, 15) is 0 Å². The van der Waals surface area contributed by atoms with Gasteiger partial charge >= 0.3 is 0 Å². The predicted molar refractivity (Wildman–Crippen MR) is 49.0 cm³/mol. The van der Waals surface area contributed by atoms with Gasteiger partial charge in [-0.05, 0) is 0 Å². The molecule has 2 heteroatoms. The molecule has 0 saturated carbocycles. The Morgan fingerprint density at radius 2 is 2.33 bits per heavy atom. The molecule has 0 atom stereocenters. The standard InChI is InChI=1S/C10H13NO/c1-10(2)5-3-8-4-6-12-9(8)11-7-10/h3,5,7H,4,6H2,1-2H3. The van der Waals surface area contributed by atoms with Crippen molar-refractivity contribution in [1.82, 2.24) is 0 Å². The van der Waals surface area contributed by atoms with Crippen LogP contribution in [-0.4, -0.2) is 12.8 Å². The number of ether oxygens (including phenoxy) is 1.